The molecule has 0 fully saturated rings. The summed E-state index contributed by atoms with van der Waals surface area (Å²) in [4.78, 5) is 2.36. The normalized spacial score (nSPS) is 13.2. The Bertz CT molecular complexity index is 2820. The number of nitrogens with zero attached hydrogens (tertiary/aromatic N) is 1. The van der Waals surface area contributed by atoms with Crippen LogP contribution in [0.5, 0.6) is 0 Å². The summed E-state index contributed by atoms with van der Waals surface area (Å²) in [6.07, 6.45) is 0. The zero-order chi connectivity index (χ0) is 34.4. The second-order valence-electron chi connectivity index (χ2n) is 13.8. The fourth-order valence-electron chi connectivity index (χ4n) is 9.09. The van der Waals surface area contributed by atoms with Crippen LogP contribution in [-0.4, -0.2) is 0 Å². The van der Waals surface area contributed by atoms with E-state index in [1.807, 2.05) is 11.3 Å². The SMILES string of the molecule is Clc1cc(-c2ccc(N(c3ccccc3)c3ccc4sc5ccccc5c4c3)cc2)c2c(c1)-c1ccccc1C21c2ccccc2-c2ccccc21. The van der Waals surface area contributed by atoms with Crippen molar-refractivity contribution in [1.82, 2.24) is 0 Å². The minimum absolute atomic E-state index is 0.452. The van der Waals surface area contributed by atoms with Crippen LogP contribution in [-0.2, 0) is 5.41 Å². The molecule has 0 radical (unpaired) electrons. The highest BCUT2D eigenvalue weighted by Gasteiger charge is 2.52. The first kappa shape index (κ1) is 29.8. The molecule has 1 nitrogen and oxygen atoms in total. The summed E-state index contributed by atoms with van der Waals surface area (Å²) in [6, 6.07) is 66.5. The maximum Gasteiger partial charge on any atom is 0.0731 e. The molecule has 8 aromatic carbocycles. The first-order valence-electron chi connectivity index (χ1n) is 17.7. The average molecular weight is 700 g/mol. The van der Waals surface area contributed by atoms with Gasteiger partial charge in [-0.25, -0.2) is 0 Å². The lowest BCUT2D eigenvalue weighted by Crippen LogP contribution is -2.26. The molecule has 0 amide bonds. The van der Waals surface area contributed by atoms with Gasteiger partial charge in [0, 0.05) is 42.3 Å². The number of halogens is 1. The Labute approximate surface area is 311 Å². The zero-order valence-electron chi connectivity index (χ0n) is 28.1. The van der Waals surface area contributed by atoms with E-state index in [9.17, 15) is 0 Å². The highest BCUT2D eigenvalue weighted by Crippen LogP contribution is 2.64. The molecule has 1 heterocycles. The van der Waals surface area contributed by atoms with Crippen LogP contribution in [0.15, 0.2) is 182 Å². The molecular weight excluding hydrogens is 670 g/mol. The van der Waals surface area contributed by atoms with Gasteiger partial charge in [-0.3, -0.25) is 0 Å². The minimum atomic E-state index is -0.452. The molecule has 0 saturated heterocycles. The summed E-state index contributed by atoms with van der Waals surface area (Å²) in [5, 5.41) is 3.33. The Morgan fingerprint density at radius 3 is 1.62 bits per heavy atom. The topological polar surface area (TPSA) is 3.24 Å². The van der Waals surface area contributed by atoms with E-state index in [1.165, 1.54) is 64.7 Å². The number of para-hydroxylation sites is 1. The van der Waals surface area contributed by atoms with Crippen molar-refractivity contribution in [3.63, 3.8) is 0 Å². The number of benzene rings is 8. The molecule has 0 bridgehead atoms. The third-order valence-electron chi connectivity index (χ3n) is 11.1. The van der Waals surface area contributed by atoms with Crippen LogP contribution in [0.1, 0.15) is 22.3 Å². The molecule has 52 heavy (non-hydrogen) atoms. The van der Waals surface area contributed by atoms with Crippen molar-refractivity contribution in [2.24, 2.45) is 0 Å². The van der Waals surface area contributed by atoms with E-state index >= 15 is 0 Å². The van der Waals surface area contributed by atoms with Gasteiger partial charge in [-0.2, -0.15) is 0 Å². The standard InChI is InChI=1S/C49H30ClNS/c50-32-28-40(48-42(29-32)38-16-6-10-20-45(38)49(48)43-18-8-4-14-36(43)37-15-5-9-19-44(37)49)31-22-24-34(25-23-31)51(33-12-2-1-3-13-33)35-26-27-47-41(30-35)39-17-7-11-21-46(39)52-47/h1-30H. The molecule has 0 saturated carbocycles. The van der Waals surface area contributed by atoms with Gasteiger partial charge in [-0.05, 0) is 116 Å². The predicted octanol–water partition coefficient (Wildman–Crippen LogP) is 14.2. The van der Waals surface area contributed by atoms with E-state index in [0.717, 1.165) is 33.2 Å². The first-order valence-corrected chi connectivity index (χ1v) is 18.9. The summed E-state index contributed by atoms with van der Waals surface area (Å²) >= 11 is 8.90. The van der Waals surface area contributed by atoms with Gasteiger partial charge in [0.2, 0.25) is 0 Å². The van der Waals surface area contributed by atoms with E-state index in [0.29, 0.717) is 0 Å². The highest BCUT2D eigenvalue weighted by molar-refractivity contribution is 7.25. The quantitative estimate of drug-likeness (QED) is 0.177. The molecule has 9 aromatic rings. The van der Waals surface area contributed by atoms with E-state index in [4.69, 9.17) is 11.6 Å². The Morgan fingerprint density at radius 2 is 0.923 bits per heavy atom. The van der Waals surface area contributed by atoms with Gasteiger partial charge >= 0.3 is 0 Å². The maximum atomic E-state index is 7.05. The fraction of sp³-hybridized carbons (Fsp3) is 0.0204. The fourth-order valence-corrected chi connectivity index (χ4v) is 10.4. The Kier molecular flexibility index (Phi) is 6.46. The van der Waals surface area contributed by atoms with Gasteiger partial charge in [0.15, 0.2) is 0 Å². The third kappa shape index (κ3) is 4.11. The van der Waals surface area contributed by atoms with Crippen LogP contribution in [0.25, 0.3) is 53.6 Å². The number of fused-ring (bicyclic) bond motifs is 13. The second kappa shape index (κ2) is 11.3. The van der Waals surface area contributed by atoms with Crippen molar-refractivity contribution >= 4 is 60.2 Å². The van der Waals surface area contributed by atoms with E-state index in [1.54, 1.807) is 0 Å². The Balaban J connectivity index is 1.11. The number of hydrogen-bond acceptors (Lipinski definition) is 2. The molecule has 0 atom stereocenters. The van der Waals surface area contributed by atoms with Gasteiger partial charge in [-0.1, -0.05) is 133 Å². The molecule has 11 rings (SSSR count). The summed E-state index contributed by atoms with van der Waals surface area (Å²) in [5.74, 6) is 0. The zero-order valence-corrected chi connectivity index (χ0v) is 29.6. The molecule has 3 heteroatoms. The van der Waals surface area contributed by atoms with Crippen LogP contribution >= 0.6 is 22.9 Å². The number of rotatable bonds is 4. The predicted molar refractivity (Wildman–Crippen MR) is 221 cm³/mol. The summed E-state index contributed by atoms with van der Waals surface area (Å²) < 4.78 is 2.61. The Hall–Kier alpha value is -5.93. The second-order valence-corrected chi connectivity index (χ2v) is 15.3. The lowest BCUT2D eigenvalue weighted by molar-refractivity contribution is 0.796. The van der Waals surface area contributed by atoms with Gasteiger partial charge in [-0.15, -0.1) is 11.3 Å². The highest BCUT2D eigenvalue weighted by atomic mass is 35.5. The van der Waals surface area contributed by atoms with Crippen LogP contribution in [0, 0.1) is 0 Å². The monoisotopic (exact) mass is 699 g/mol. The molecule has 1 aromatic heterocycles. The van der Waals surface area contributed by atoms with Crippen molar-refractivity contribution in [1.29, 1.82) is 0 Å². The largest absolute Gasteiger partial charge is 0.310 e. The minimum Gasteiger partial charge on any atom is -0.310 e. The molecule has 0 N–H and O–H groups in total. The van der Waals surface area contributed by atoms with Crippen LogP contribution < -0.4 is 4.90 Å². The maximum absolute atomic E-state index is 7.05. The van der Waals surface area contributed by atoms with Crippen molar-refractivity contribution in [2.45, 2.75) is 5.41 Å². The van der Waals surface area contributed by atoms with Crippen LogP contribution in [0.3, 0.4) is 0 Å². The van der Waals surface area contributed by atoms with Crippen molar-refractivity contribution in [3.8, 4) is 33.4 Å². The molecule has 1 spiro atoms. The summed E-state index contributed by atoms with van der Waals surface area (Å²) in [5.41, 5.74) is 15.5. The van der Waals surface area contributed by atoms with E-state index < -0.39 is 5.41 Å². The lowest BCUT2D eigenvalue weighted by Gasteiger charge is -2.32. The molecule has 0 aliphatic heterocycles. The van der Waals surface area contributed by atoms with Crippen molar-refractivity contribution in [3.05, 3.63) is 209 Å². The Morgan fingerprint density at radius 1 is 0.404 bits per heavy atom. The molecule has 244 valence electrons. The summed E-state index contributed by atoms with van der Waals surface area (Å²) in [7, 11) is 0. The number of anilines is 3. The van der Waals surface area contributed by atoms with E-state index in [-0.39, 0.29) is 0 Å². The molecular formula is C49H30ClNS. The van der Waals surface area contributed by atoms with Gasteiger partial charge < -0.3 is 4.90 Å². The molecule has 0 unspecified atom stereocenters. The van der Waals surface area contributed by atoms with Gasteiger partial charge in [0.05, 0.1) is 5.41 Å². The number of thiophene rings is 1. The van der Waals surface area contributed by atoms with E-state index in [2.05, 4.69) is 187 Å². The third-order valence-corrected chi connectivity index (χ3v) is 12.5. The average Bonchev–Trinajstić information content (AvgIpc) is 3.82. The van der Waals surface area contributed by atoms with Gasteiger partial charge in [0.1, 0.15) is 0 Å². The molecule has 2 aliphatic carbocycles. The first-order chi connectivity index (χ1) is 25.7. The van der Waals surface area contributed by atoms with Crippen LogP contribution in [0.2, 0.25) is 5.02 Å². The van der Waals surface area contributed by atoms with Gasteiger partial charge in [0.25, 0.3) is 0 Å². The van der Waals surface area contributed by atoms with Crippen molar-refractivity contribution < 1.29 is 0 Å². The smallest absolute Gasteiger partial charge is 0.0731 e. The van der Waals surface area contributed by atoms with Crippen molar-refractivity contribution in [2.75, 3.05) is 4.90 Å². The van der Waals surface area contributed by atoms with Crippen LogP contribution in [0.4, 0.5) is 17.1 Å². The lowest BCUT2D eigenvalue weighted by atomic mass is 9.68. The summed E-state index contributed by atoms with van der Waals surface area (Å²) in [6.45, 7) is 0. The molecule has 2 aliphatic rings. The number of hydrogen-bond donors (Lipinski definition) is 0.